The van der Waals surface area contributed by atoms with Gasteiger partial charge in [0.25, 0.3) is 5.91 Å². The Labute approximate surface area is 133 Å². The van der Waals surface area contributed by atoms with Crippen LogP contribution in [0.25, 0.3) is 0 Å². The lowest BCUT2D eigenvalue weighted by Gasteiger charge is -2.34. The van der Waals surface area contributed by atoms with Crippen LogP contribution < -0.4 is 10.6 Å². The predicted molar refractivity (Wildman–Crippen MR) is 81.6 cm³/mol. The van der Waals surface area contributed by atoms with Gasteiger partial charge in [0.15, 0.2) is 0 Å². The molecule has 1 aromatic carbocycles. The molecule has 1 fully saturated rings. The molecule has 0 aliphatic heterocycles. The largest absolute Gasteiger partial charge is 0.480 e. The minimum atomic E-state index is -1.36. The fourth-order valence-corrected chi connectivity index (χ4v) is 2.81. The molecule has 2 rings (SSSR count). The van der Waals surface area contributed by atoms with Crippen molar-refractivity contribution < 1.29 is 23.9 Å². The Morgan fingerprint density at radius 1 is 1.17 bits per heavy atom. The Kier molecular flexibility index (Phi) is 4.98. The highest BCUT2D eigenvalue weighted by Gasteiger charge is 2.41. The van der Waals surface area contributed by atoms with Gasteiger partial charge in [-0.3, -0.25) is 9.59 Å². The summed E-state index contributed by atoms with van der Waals surface area (Å²) >= 11 is 0. The van der Waals surface area contributed by atoms with E-state index in [0.717, 1.165) is 12.5 Å². The number of carboxylic acid groups (broad SMARTS) is 1. The third-order valence-electron chi connectivity index (χ3n) is 4.00. The maximum atomic E-state index is 13.9. The number of hydrogen-bond donors (Lipinski definition) is 3. The summed E-state index contributed by atoms with van der Waals surface area (Å²) in [6.45, 7) is 1.30. The summed E-state index contributed by atoms with van der Waals surface area (Å²) in [6.07, 6.45) is 2.95. The van der Waals surface area contributed by atoms with E-state index in [0.29, 0.717) is 25.7 Å². The Morgan fingerprint density at radius 3 is 2.39 bits per heavy atom. The quantitative estimate of drug-likeness (QED) is 0.792. The standard InChI is InChI=1S/C16H19FN2O4/c1-10(20)18-11-5-6-13(17)12(9-11)14(21)19-16(15(22)23)7-3-2-4-8-16/h5-6,9H,2-4,7-8H2,1H3,(H,18,20)(H,19,21)(H,22,23). The molecule has 1 aliphatic rings. The number of carbonyl (C=O) groups is 3. The first-order valence-corrected chi connectivity index (χ1v) is 7.47. The highest BCUT2D eigenvalue weighted by molar-refractivity contribution is 5.99. The van der Waals surface area contributed by atoms with Crippen LogP contribution >= 0.6 is 0 Å². The molecule has 7 heteroatoms. The van der Waals surface area contributed by atoms with Crippen LogP contribution in [0.3, 0.4) is 0 Å². The number of aliphatic carboxylic acids is 1. The van der Waals surface area contributed by atoms with Crippen molar-refractivity contribution in [2.45, 2.75) is 44.6 Å². The lowest BCUT2D eigenvalue weighted by molar-refractivity contribution is -0.146. The second-order valence-corrected chi connectivity index (χ2v) is 5.78. The molecule has 1 aromatic rings. The summed E-state index contributed by atoms with van der Waals surface area (Å²) < 4.78 is 13.9. The number of nitrogens with one attached hydrogen (secondary N) is 2. The molecular formula is C16H19FN2O4. The number of halogens is 1. The normalized spacial score (nSPS) is 16.4. The predicted octanol–water partition coefficient (Wildman–Crippen LogP) is 2.30. The Bertz CT molecular complexity index is 639. The molecule has 0 saturated heterocycles. The van der Waals surface area contributed by atoms with Crippen molar-refractivity contribution in [1.29, 1.82) is 0 Å². The zero-order chi connectivity index (χ0) is 17.0. The van der Waals surface area contributed by atoms with Crippen LogP contribution in [-0.2, 0) is 9.59 Å². The van der Waals surface area contributed by atoms with E-state index >= 15 is 0 Å². The molecule has 124 valence electrons. The van der Waals surface area contributed by atoms with Gasteiger partial charge in [0.1, 0.15) is 11.4 Å². The molecule has 0 unspecified atom stereocenters. The van der Waals surface area contributed by atoms with Crippen molar-refractivity contribution in [1.82, 2.24) is 5.32 Å². The van der Waals surface area contributed by atoms with Crippen LogP contribution in [0.5, 0.6) is 0 Å². The molecule has 6 nitrogen and oxygen atoms in total. The first-order valence-electron chi connectivity index (χ1n) is 7.47. The zero-order valence-electron chi connectivity index (χ0n) is 12.8. The second kappa shape index (κ2) is 6.76. The molecule has 3 N–H and O–H groups in total. The van der Waals surface area contributed by atoms with Crippen LogP contribution in [0.2, 0.25) is 0 Å². The van der Waals surface area contributed by atoms with Crippen LogP contribution in [0.4, 0.5) is 10.1 Å². The molecular weight excluding hydrogens is 303 g/mol. The van der Waals surface area contributed by atoms with Gasteiger partial charge in [-0.1, -0.05) is 19.3 Å². The summed E-state index contributed by atoms with van der Waals surface area (Å²) in [5.41, 5.74) is -1.37. The minimum absolute atomic E-state index is 0.275. The number of carboxylic acids is 1. The van der Waals surface area contributed by atoms with Gasteiger partial charge < -0.3 is 15.7 Å². The zero-order valence-corrected chi connectivity index (χ0v) is 12.8. The maximum Gasteiger partial charge on any atom is 0.329 e. The summed E-state index contributed by atoms with van der Waals surface area (Å²) in [4.78, 5) is 35.0. The van der Waals surface area contributed by atoms with Crippen LogP contribution in [0.15, 0.2) is 18.2 Å². The van der Waals surface area contributed by atoms with E-state index in [9.17, 15) is 23.9 Å². The molecule has 23 heavy (non-hydrogen) atoms. The number of amides is 2. The van der Waals surface area contributed by atoms with Crippen LogP contribution in [-0.4, -0.2) is 28.4 Å². The van der Waals surface area contributed by atoms with Gasteiger partial charge in [-0.25, -0.2) is 9.18 Å². The molecule has 1 saturated carbocycles. The first-order chi connectivity index (χ1) is 10.8. The van der Waals surface area contributed by atoms with Crippen molar-refractivity contribution in [2.24, 2.45) is 0 Å². The Morgan fingerprint density at radius 2 is 1.83 bits per heavy atom. The fourth-order valence-electron chi connectivity index (χ4n) is 2.81. The van der Waals surface area contributed by atoms with E-state index in [-0.39, 0.29) is 17.2 Å². The van der Waals surface area contributed by atoms with E-state index in [1.54, 1.807) is 0 Å². The lowest BCUT2D eigenvalue weighted by Crippen LogP contribution is -2.55. The topological polar surface area (TPSA) is 95.5 Å². The van der Waals surface area contributed by atoms with Gasteiger partial charge in [-0.2, -0.15) is 0 Å². The first kappa shape index (κ1) is 16.9. The third-order valence-corrected chi connectivity index (χ3v) is 4.00. The molecule has 2 amide bonds. The Balaban J connectivity index is 2.25. The van der Waals surface area contributed by atoms with Crippen molar-refractivity contribution in [3.05, 3.63) is 29.6 Å². The van der Waals surface area contributed by atoms with E-state index in [1.165, 1.54) is 19.1 Å². The van der Waals surface area contributed by atoms with Gasteiger partial charge in [-0.05, 0) is 31.0 Å². The van der Waals surface area contributed by atoms with Gasteiger partial charge in [-0.15, -0.1) is 0 Å². The van der Waals surface area contributed by atoms with Gasteiger partial charge in [0, 0.05) is 12.6 Å². The van der Waals surface area contributed by atoms with E-state index in [2.05, 4.69) is 10.6 Å². The number of anilines is 1. The van der Waals surface area contributed by atoms with Crippen molar-refractivity contribution in [2.75, 3.05) is 5.32 Å². The number of carbonyl (C=O) groups excluding carboxylic acids is 2. The van der Waals surface area contributed by atoms with Crippen molar-refractivity contribution in [3.8, 4) is 0 Å². The monoisotopic (exact) mass is 322 g/mol. The molecule has 0 heterocycles. The number of hydrogen-bond acceptors (Lipinski definition) is 3. The van der Waals surface area contributed by atoms with Gasteiger partial charge >= 0.3 is 5.97 Å². The van der Waals surface area contributed by atoms with E-state index in [1.807, 2.05) is 0 Å². The molecule has 0 spiro atoms. The number of rotatable bonds is 4. The fraction of sp³-hybridized carbons (Fsp3) is 0.438. The smallest absolute Gasteiger partial charge is 0.329 e. The van der Waals surface area contributed by atoms with Crippen molar-refractivity contribution in [3.63, 3.8) is 0 Å². The van der Waals surface area contributed by atoms with E-state index in [4.69, 9.17) is 0 Å². The highest BCUT2D eigenvalue weighted by atomic mass is 19.1. The second-order valence-electron chi connectivity index (χ2n) is 5.78. The maximum absolute atomic E-state index is 13.9. The number of benzene rings is 1. The molecule has 0 atom stereocenters. The molecule has 0 bridgehead atoms. The van der Waals surface area contributed by atoms with Crippen LogP contribution in [0.1, 0.15) is 49.4 Å². The summed E-state index contributed by atoms with van der Waals surface area (Å²) in [5.74, 6) is -3.02. The van der Waals surface area contributed by atoms with Gasteiger partial charge in [0.2, 0.25) is 5.91 Å². The summed E-state index contributed by atoms with van der Waals surface area (Å²) in [5, 5.41) is 14.4. The van der Waals surface area contributed by atoms with Crippen LogP contribution in [0, 0.1) is 5.82 Å². The SMILES string of the molecule is CC(=O)Nc1ccc(F)c(C(=O)NC2(C(=O)O)CCCCC2)c1. The summed E-state index contributed by atoms with van der Waals surface area (Å²) in [6, 6.07) is 3.60. The third kappa shape index (κ3) is 3.85. The average molecular weight is 322 g/mol. The summed E-state index contributed by atoms with van der Waals surface area (Å²) in [7, 11) is 0. The van der Waals surface area contributed by atoms with E-state index < -0.39 is 23.2 Å². The Hall–Kier alpha value is -2.44. The molecule has 1 aliphatic carbocycles. The molecule has 0 aromatic heterocycles. The lowest BCUT2D eigenvalue weighted by atomic mass is 9.81. The van der Waals surface area contributed by atoms with Gasteiger partial charge in [0.05, 0.1) is 5.56 Å². The van der Waals surface area contributed by atoms with Crippen molar-refractivity contribution >= 4 is 23.5 Å². The minimum Gasteiger partial charge on any atom is -0.480 e. The highest BCUT2D eigenvalue weighted by Crippen LogP contribution is 2.29. The molecule has 0 radical (unpaired) electrons. The average Bonchev–Trinajstić information content (AvgIpc) is 2.49.